The molecule has 1 aliphatic heterocycles. The van der Waals surface area contributed by atoms with Crippen LogP contribution in [0.1, 0.15) is 32.4 Å². The number of hydrogen-bond acceptors (Lipinski definition) is 5. The van der Waals surface area contributed by atoms with Crippen LogP contribution >= 0.6 is 0 Å². The van der Waals surface area contributed by atoms with E-state index >= 15 is 0 Å². The van der Waals surface area contributed by atoms with Gasteiger partial charge in [0.25, 0.3) is 10.0 Å². The molecule has 1 fully saturated rings. The highest BCUT2D eigenvalue weighted by Gasteiger charge is 2.33. The van der Waals surface area contributed by atoms with Crippen LogP contribution in [0.2, 0.25) is 0 Å². The number of aryl methyl sites for hydroxylation is 1. The summed E-state index contributed by atoms with van der Waals surface area (Å²) in [4.78, 5) is 4.11. The molecule has 9 heteroatoms. The minimum atomic E-state index is -3.62. The first kappa shape index (κ1) is 18.1. The Morgan fingerprint density at radius 1 is 1.36 bits per heavy atom. The molecule has 0 amide bonds. The summed E-state index contributed by atoms with van der Waals surface area (Å²) in [6, 6.07) is 0. The van der Waals surface area contributed by atoms with Gasteiger partial charge in [0.1, 0.15) is 0 Å². The summed E-state index contributed by atoms with van der Waals surface area (Å²) in [6.45, 7) is 8.63. The Morgan fingerprint density at radius 2 is 2.16 bits per heavy atom. The van der Waals surface area contributed by atoms with Gasteiger partial charge in [0, 0.05) is 44.1 Å². The zero-order chi connectivity index (χ0) is 18.0. The van der Waals surface area contributed by atoms with Gasteiger partial charge in [-0.15, -0.1) is 0 Å². The first-order valence-electron chi connectivity index (χ1n) is 8.56. The SMILES string of the molecule is CCn1cc(C2CN(S(=O)(=O)c3cn(CC(C)C)cn3)CCO2)cn1. The number of sulfonamides is 1. The fourth-order valence-electron chi connectivity index (χ4n) is 2.89. The number of nitrogens with zero attached hydrogens (tertiary/aromatic N) is 5. The highest BCUT2D eigenvalue weighted by atomic mass is 32.2. The van der Waals surface area contributed by atoms with Crippen LogP contribution in [0, 0.1) is 5.92 Å². The molecule has 0 aliphatic carbocycles. The molecule has 0 bridgehead atoms. The Balaban J connectivity index is 1.76. The van der Waals surface area contributed by atoms with Crippen molar-refractivity contribution in [2.75, 3.05) is 19.7 Å². The minimum Gasteiger partial charge on any atom is -0.371 e. The van der Waals surface area contributed by atoms with Gasteiger partial charge in [0.15, 0.2) is 5.03 Å². The van der Waals surface area contributed by atoms with Crippen LogP contribution in [0.25, 0.3) is 0 Å². The van der Waals surface area contributed by atoms with Gasteiger partial charge in [-0.3, -0.25) is 4.68 Å². The molecule has 0 spiro atoms. The van der Waals surface area contributed by atoms with E-state index in [9.17, 15) is 8.42 Å². The second kappa shape index (κ2) is 7.27. The fourth-order valence-corrected chi connectivity index (χ4v) is 4.25. The van der Waals surface area contributed by atoms with E-state index in [-0.39, 0.29) is 17.7 Å². The van der Waals surface area contributed by atoms with E-state index in [1.807, 2.05) is 17.7 Å². The van der Waals surface area contributed by atoms with E-state index in [1.54, 1.807) is 23.4 Å². The van der Waals surface area contributed by atoms with Crippen LogP contribution in [0.5, 0.6) is 0 Å². The molecule has 0 saturated carbocycles. The molecule has 3 rings (SSSR count). The standard InChI is InChI=1S/C16H25N5O3S/c1-4-20-9-14(7-18-20)15-10-21(5-6-24-15)25(22,23)16-11-19(12-17-16)8-13(2)3/h7,9,11-13,15H,4-6,8,10H2,1-3H3. The third kappa shape index (κ3) is 3.94. The normalized spacial score (nSPS) is 19.6. The maximum absolute atomic E-state index is 12.9. The van der Waals surface area contributed by atoms with Crippen molar-refractivity contribution >= 4 is 10.0 Å². The van der Waals surface area contributed by atoms with Gasteiger partial charge in [-0.25, -0.2) is 13.4 Å². The van der Waals surface area contributed by atoms with Gasteiger partial charge < -0.3 is 9.30 Å². The lowest BCUT2D eigenvalue weighted by Gasteiger charge is -2.31. The van der Waals surface area contributed by atoms with Crippen LogP contribution in [-0.4, -0.2) is 51.8 Å². The Morgan fingerprint density at radius 3 is 2.84 bits per heavy atom. The molecular formula is C16H25N5O3S. The quantitative estimate of drug-likeness (QED) is 0.773. The van der Waals surface area contributed by atoms with Gasteiger partial charge in [-0.05, 0) is 12.8 Å². The van der Waals surface area contributed by atoms with Crippen molar-refractivity contribution in [3.8, 4) is 0 Å². The van der Waals surface area contributed by atoms with Crippen LogP contribution < -0.4 is 0 Å². The molecule has 0 N–H and O–H groups in total. The maximum atomic E-state index is 12.9. The average Bonchev–Trinajstić information content (AvgIpc) is 3.24. The fraction of sp³-hybridized carbons (Fsp3) is 0.625. The largest absolute Gasteiger partial charge is 0.371 e. The molecule has 2 aromatic rings. The van der Waals surface area contributed by atoms with Gasteiger partial charge in [0.05, 0.1) is 25.2 Å². The van der Waals surface area contributed by atoms with Crippen molar-refractivity contribution in [1.82, 2.24) is 23.6 Å². The molecule has 138 valence electrons. The van der Waals surface area contributed by atoms with Crippen LogP contribution in [0.15, 0.2) is 29.9 Å². The molecule has 1 unspecified atom stereocenters. The lowest BCUT2D eigenvalue weighted by atomic mass is 10.2. The van der Waals surface area contributed by atoms with Gasteiger partial charge >= 0.3 is 0 Å². The van der Waals surface area contributed by atoms with Crippen LogP contribution in [-0.2, 0) is 27.8 Å². The van der Waals surface area contributed by atoms with Crippen molar-refractivity contribution < 1.29 is 13.2 Å². The smallest absolute Gasteiger partial charge is 0.262 e. The average molecular weight is 367 g/mol. The Labute approximate surface area is 148 Å². The highest BCUT2D eigenvalue weighted by molar-refractivity contribution is 7.89. The summed E-state index contributed by atoms with van der Waals surface area (Å²) in [5.74, 6) is 0.424. The minimum absolute atomic E-state index is 0.0954. The van der Waals surface area contributed by atoms with E-state index in [2.05, 4.69) is 23.9 Å². The third-order valence-corrected chi connectivity index (χ3v) is 5.92. The zero-order valence-corrected chi connectivity index (χ0v) is 15.7. The van der Waals surface area contributed by atoms with E-state index in [1.165, 1.54) is 4.31 Å². The van der Waals surface area contributed by atoms with Gasteiger partial charge in [0.2, 0.25) is 0 Å². The lowest BCUT2D eigenvalue weighted by molar-refractivity contribution is -0.00266. The number of rotatable bonds is 6. The molecule has 8 nitrogen and oxygen atoms in total. The lowest BCUT2D eigenvalue weighted by Crippen LogP contribution is -2.42. The van der Waals surface area contributed by atoms with Crippen molar-refractivity contribution in [1.29, 1.82) is 0 Å². The van der Waals surface area contributed by atoms with Crippen molar-refractivity contribution in [3.63, 3.8) is 0 Å². The van der Waals surface area contributed by atoms with Crippen LogP contribution in [0.4, 0.5) is 0 Å². The molecule has 2 aromatic heterocycles. The summed E-state index contributed by atoms with van der Waals surface area (Å²) in [5.41, 5.74) is 0.895. The Bertz CT molecular complexity index is 811. The second-order valence-corrected chi connectivity index (χ2v) is 8.54. The number of morpholine rings is 1. The predicted octanol–water partition coefficient (Wildman–Crippen LogP) is 1.52. The Kier molecular flexibility index (Phi) is 5.26. The summed E-state index contributed by atoms with van der Waals surface area (Å²) >= 11 is 0. The number of hydrogen-bond donors (Lipinski definition) is 0. The predicted molar refractivity (Wildman–Crippen MR) is 92.4 cm³/mol. The summed E-state index contributed by atoms with van der Waals surface area (Å²) < 4.78 is 36.6. The molecule has 0 aromatic carbocycles. The van der Waals surface area contributed by atoms with E-state index in [4.69, 9.17) is 4.74 Å². The van der Waals surface area contributed by atoms with E-state index < -0.39 is 10.0 Å². The number of aromatic nitrogens is 4. The van der Waals surface area contributed by atoms with Gasteiger partial charge in [-0.1, -0.05) is 13.8 Å². The third-order valence-electron chi connectivity index (χ3n) is 4.17. The molecule has 25 heavy (non-hydrogen) atoms. The zero-order valence-electron chi connectivity index (χ0n) is 14.9. The monoisotopic (exact) mass is 367 g/mol. The maximum Gasteiger partial charge on any atom is 0.262 e. The van der Waals surface area contributed by atoms with Crippen LogP contribution in [0.3, 0.4) is 0 Å². The number of ether oxygens (including phenoxy) is 1. The highest BCUT2D eigenvalue weighted by Crippen LogP contribution is 2.25. The van der Waals surface area contributed by atoms with E-state index in [0.717, 1.165) is 18.7 Å². The molecule has 1 aliphatic rings. The van der Waals surface area contributed by atoms with Gasteiger partial charge in [-0.2, -0.15) is 9.40 Å². The van der Waals surface area contributed by atoms with E-state index in [0.29, 0.717) is 19.1 Å². The Hall–Kier alpha value is -1.71. The molecular weight excluding hydrogens is 342 g/mol. The number of imidazole rings is 1. The van der Waals surface area contributed by atoms with Crippen molar-refractivity contribution in [2.45, 2.75) is 45.0 Å². The second-order valence-electron chi connectivity index (χ2n) is 6.65. The first-order valence-corrected chi connectivity index (χ1v) is 10.00. The summed E-state index contributed by atoms with van der Waals surface area (Å²) in [6.07, 6.45) is 6.52. The molecule has 1 saturated heterocycles. The molecule has 0 radical (unpaired) electrons. The van der Waals surface area contributed by atoms with Crippen molar-refractivity contribution in [3.05, 3.63) is 30.5 Å². The van der Waals surface area contributed by atoms with Crippen molar-refractivity contribution in [2.24, 2.45) is 5.92 Å². The summed E-state index contributed by atoms with van der Waals surface area (Å²) in [7, 11) is -3.62. The summed E-state index contributed by atoms with van der Waals surface area (Å²) in [5, 5.41) is 4.33. The molecule has 1 atom stereocenters. The topological polar surface area (TPSA) is 82.2 Å². The first-order chi connectivity index (χ1) is 11.9. The molecule has 3 heterocycles.